The molecular weight excluding hydrogens is 286 g/mol. The first-order valence-electron chi connectivity index (χ1n) is 7.68. The molecule has 0 aliphatic rings. The minimum Gasteiger partial charge on any atom is -0.385 e. The second kappa shape index (κ2) is 11.0. The molecule has 0 radical (unpaired) electrons. The van der Waals surface area contributed by atoms with E-state index in [-0.39, 0.29) is 0 Å². The molecule has 0 spiro atoms. The first kappa shape index (κ1) is 18.4. The highest BCUT2D eigenvalue weighted by molar-refractivity contribution is 7.15. The molecule has 1 aromatic rings. The van der Waals surface area contributed by atoms with Crippen LogP contribution in [0.4, 0.5) is 5.13 Å². The maximum absolute atomic E-state index is 5.22. The zero-order chi connectivity index (χ0) is 15.5. The Labute approximate surface area is 132 Å². The Morgan fingerprint density at radius 1 is 1.14 bits per heavy atom. The highest BCUT2D eigenvalue weighted by Gasteiger charge is 2.15. The molecule has 122 valence electrons. The number of nitrogens with one attached hydrogen (secondary N) is 1. The van der Waals surface area contributed by atoms with E-state index in [2.05, 4.69) is 24.1 Å². The van der Waals surface area contributed by atoms with E-state index < -0.39 is 0 Å². The first-order valence-corrected chi connectivity index (χ1v) is 8.50. The predicted molar refractivity (Wildman–Crippen MR) is 89.5 cm³/mol. The van der Waals surface area contributed by atoms with Gasteiger partial charge in [-0.3, -0.25) is 0 Å². The lowest BCUT2D eigenvalue weighted by molar-refractivity contribution is 0.191. The molecule has 5 nitrogen and oxygen atoms in total. The van der Waals surface area contributed by atoms with Gasteiger partial charge in [0.2, 0.25) is 0 Å². The first-order chi connectivity index (χ1) is 10.3. The molecule has 0 saturated heterocycles. The van der Waals surface area contributed by atoms with E-state index >= 15 is 0 Å². The summed E-state index contributed by atoms with van der Waals surface area (Å²) in [5, 5.41) is 4.50. The standard InChI is InChI=1S/C15H29N3O2S/c1-5-13-14(12-16-6-2)21-15(17-13)18(9-11-20-4)8-7-10-19-3/h16H,5-12H2,1-4H3. The molecule has 0 bridgehead atoms. The van der Waals surface area contributed by atoms with Crippen LogP contribution in [0.15, 0.2) is 0 Å². The predicted octanol–water partition coefficient (Wildman–Crippen LogP) is 2.30. The third-order valence-corrected chi connectivity index (χ3v) is 4.41. The highest BCUT2D eigenvalue weighted by Crippen LogP contribution is 2.27. The Hall–Kier alpha value is -0.690. The largest absolute Gasteiger partial charge is 0.385 e. The summed E-state index contributed by atoms with van der Waals surface area (Å²) in [6.45, 7) is 9.51. The number of aromatic nitrogens is 1. The number of nitrogens with zero attached hydrogens (tertiary/aromatic N) is 2. The summed E-state index contributed by atoms with van der Waals surface area (Å²) in [5.41, 5.74) is 1.21. The third-order valence-electron chi connectivity index (χ3n) is 3.25. The van der Waals surface area contributed by atoms with Crippen molar-refractivity contribution in [3.05, 3.63) is 10.6 Å². The average molecular weight is 315 g/mol. The summed E-state index contributed by atoms with van der Waals surface area (Å²) in [7, 11) is 3.48. The summed E-state index contributed by atoms with van der Waals surface area (Å²) in [6.07, 6.45) is 1.98. The average Bonchev–Trinajstić information content (AvgIpc) is 2.91. The number of thiazole rings is 1. The lowest BCUT2D eigenvalue weighted by Crippen LogP contribution is -2.28. The van der Waals surface area contributed by atoms with Crippen LogP contribution in [0.1, 0.15) is 30.8 Å². The molecule has 1 aromatic heterocycles. The molecule has 0 atom stereocenters. The Balaban J connectivity index is 2.76. The van der Waals surface area contributed by atoms with Crippen molar-refractivity contribution in [2.45, 2.75) is 33.2 Å². The van der Waals surface area contributed by atoms with Gasteiger partial charge >= 0.3 is 0 Å². The van der Waals surface area contributed by atoms with Crippen molar-refractivity contribution in [2.75, 3.05) is 52.0 Å². The monoisotopic (exact) mass is 315 g/mol. The van der Waals surface area contributed by atoms with Gasteiger partial charge in [0.1, 0.15) is 0 Å². The van der Waals surface area contributed by atoms with Crippen molar-refractivity contribution in [1.82, 2.24) is 10.3 Å². The van der Waals surface area contributed by atoms with Gasteiger partial charge in [0.25, 0.3) is 0 Å². The fraction of sp³-hybridized carbons (Fsp3) is 0.800. The number of hydrogen-bond acceptors (Lipinski definition) is 6. The highest BCUT2D eigenvalue weighted by atomic mass is 32.1. The summed E-state index contributed by atoms with van der Waals surface area (Å²) < 4.78 is 10.4. The minimum atomic E-state index is 0.719. The van der Waals surface area contributed by atoms with E-state index in [1.54, 1.807) is 25.6 Å². The molecule has 6 heteroatoms. The smallest absolute Gasteiger partial charge is 0.185 e. The maximum Gasteiger partial charge on any atom is 0.185 e. The molecular formula is C15H29N3O2S. The summed E-state index contributed by atoms with van der Waals surface area (Å²) in [6, 6.07) is 0. The zero-order valence-electron chi connectivity index (χ0n) is 13.8. The molecule has 1 rings (SSSR count). The lowest BCUT2D eigenvalue weighted by Gasteiger charge is -2.21. The summed E-state index contributed by atoms with van der Waals surface area (Å²) in [5.74, 6) is 0. The van der Waals surface area contributed by atoms with Crippen molar-refractivity contribution < 1.29 is 9.47 Å². The second-order valence-electron chi connectivity index (χ2n) is 4.83. The molecule has 0 aliphatic heterocycles. The van der Waals surface area contributed by atoms with Gasteiger partial charge in [-0.05, 0) is 19.4 Å². The SMILES string of the molecule is CCNCc1sc(N(CCCOC)CCOC)nc1CC. The van der Waals surface area contributed by atoms with Gasteiger partial charge in [0, 0.05) is 45.3 Å². The van der Waals surface area contributed by atoms with Gasteiger partial charge in [-0.25, -0.2) is 4.98 Å². The van der Waals surface area contributed by atoms with E-state index in [9.17, 15) is 0 Å². The normalized spacial score (nSPS) is 11.0. The quantitative estimate of drug-likeness (QED) is 0.600. The van der Waals surface area contributed by atoms with E-state index in [0.29, 0.717) is 0 Å². The Morgan fingerprint density at radius 3 is 2.52 bits per heavy atom. The van der Waals surface area contributed by atoms with Crippen LogP contribution >= 0.6 is 11.3 Å². The van der Waals surface area contributed by atoms with E-state index in [1.807, 2.05) is 0 Å². The van der Waals surface area contributed by atoms with Gasteiger partial charge < -0.3 is 19.7 Å². The topological polar surface area (TPSA) is 46.6 Å². The van der Waals surface area contributed by atoms with Crippen molar-refractivity contribution in [3.63, 3.8) is 0 Å². The lowest BCUT2D eigenvalue weighted by atomic mass is 10.3. The molecule has 0 unspecified atom stereocenters. The van der Waals surface area contributed by atoms with Crippen LogP contribution in [0, 0.1) is 0 Å². The van der Waals surface area contributed by atoms with Gasteiger partial charge in [-0.2, -0.15) is 0 Å². The van der Waals surface area contributed by atoms with Crippen LogP contribution in [0.5, 0.6) is 0 Å². The molecule has 1 N–H and O–H groups in total. The Morgan fingerprint density at radius 2 is 1.90 bits per heavy atom. The third kappa shape index (κ3) is 6.30. The molecule has 0 aromatic carbocycles. The minimum absolute atomic E-state index is 0.719. The number of anilines is 1. The van der Waals surface area contributed by atoms with Crippen LogP contribution in [0.3, 0.4) is 0 Å². The fourth-order valence-electron chi connectivity index (χ4n) is 2.06. The Kier molecular flexibility index (Phi) is 9.58. The number of methoxy groups -OCH3 is 2. The fourth-order valence-corrected chi connectivity index (χ4v) is 3.23. The second-order valence-corrected chi connectivity index (χ2v) is 5.89. The molecule has 0 aliphatic carbocycles. The van der Waals surface area contributed by atoms with Gasteiger partial charge in [0.15, 0.2) is 5.13 Å². The zero-order valence-corrected chi connectivity index (χ0v) is 14.6. The number of rotatable bonds is 12. The van der Waals surface area contributed by atoms with Crippen molar-refractivity contribution in [1.29, 1.82) is 0 Å². The van der Waals surface area contributed by atoms with Crippen LogP contribution < -0.4 is 10.2 Å². The van der Waals surface area contributed by atoms with E-state index in [0.717, 1.165) is 57.4 Å². The maximum atomic E-state index is 5.22. The van der Waals surface area contributed by atoms with Gasteiger partial charge in [0.05, 0.1) is 12.3 Å². The van der Waals surface area contributed by atoms with Crippen molar-refractivity contribution in [2.24, 2.45) is 0 Å². The van der Waals surface area contributed by atoms with Crippen LogP contribution in [-0.4, -0.2) is 52.1 Å². The summed E-state index contributed by atoms with van der Waals surface area (Å²) >= 11 is 1.80. The molecule has 0 amide bonds. The summed E-state index contributed by atoms with van der Waals surface area (Å²) in [4.78, 5) is 8.48. The van der Waals surface area contributed by atoms with Crippen molar-refractivity contribution in [3.8, 4) is 0 Å². The number of ether oxygens (including phenoxy) is 2. The number of hydrogen-bond donors (Lipinski definition) is 1. The molecule has 21 heavy (non-hydrogen) atoms. The molecule has 0 fully saturated rings. The van der Waals surface area contributed by atoms with Crippen molar-refractivity contribution >= 4 is 16.5 Å². The Bertz CT molecular complexity index is 385. The molecule has 1 heterocycles. The van der Waals surface area contributed by atoms with Gasteiger partial charge in [-0.15, -0.1) is 11.3 Å². The van der Waals surface area contributed by atoms with Crippen LogP contribution in [-0.2, 0) is 22.4 Å². The van der Waals surface area contributed by atoms with E-state index in [1.165, 1.54) is 10.6 Å². The van der Waals surface area contributed by atoms with Crippen LogP contribution in [0.2, 0.25) is 0 Å². The number of aryl methyl sites for hydroxylation is 1. The van der Waals surface area contributed by atoms with Gasteiger partial charge in [-0.1, -0.05) is 13.8 Å². The van der Waals surface area contributed by atoms with E-state index in [4.69, 9.17) is 14.5 Å². The van der Waals surface area contributed by atoms with Crippen LogP contribution in [0.25, 0.3) is 0 Å². The molecule has 0 saturated carbocycles.